The van der Waals surface area contributed by atoms with Gasteiger partial charge in [0.05, 0.1) is 10.7 Å². The van der Waals surface area contributed by atoms with E-state index in [0.29, 0.717) is 18.0 Å². The molecule has 0 bridgehead atoms. The van der Waals surface area contributed by atoms with E-state index in [4.69, 9.17) is 9.47 Å². The fraction of sp³-hybridized carbons (Fsp3) is 0.182. The molecular formula is C22H21FINO2. The third-order valence-corrected chi connectivity index (χ3v) is 4.91. The maximum atomic E-state index is 13.3. The minimum Gasteiger partial charge on any atom is -0.493 e. The van der Waals surface area contributed by atoms with E-state index in [9.17, 15) is 4.39 Å². The van der Waals surface area contributed by atoms with Crippen LogP contribution in [0.2, 0.25) is 0 Å². The Labute approximate surface area is 172 Å². The molecule has 0 aliphatic heterocycles. The first kappa shape index (κ1) is 19.5. The molecule has 3 aromatic carbocycles. The zero-order chi connectivity index (χ0) is 19.2. The fourth-order valence-electron chi connectivity index (χ4n) is 2.67. The van der Waals surface area contributed by atoms with E-state index < -0.39 is 0 Å². The Kier molecular flexibility index (Phi) is 6.55. The summed E-state index contributed by atoms with van der Waals surface area (Å²) in [5.41, 5.74) is 4.17. The van der Waals surface area contributed by atoms with Crippen LogP contribution in [0.25, 0.3) is 0 Å². The van der Waals surface area contributed by atoms with Crippen LogP contribution in [0.1, 0.15) is 16.7 Å². The van der Waals surface area contributed by atoms with E-state index in [-0.39, 0.29) is 12.4 Å². The Morgan fingerprint density at radius 1 is 1.00 bits per heavy atom. The molecule has 0 amide bonds. The summed E-state index contributed by atoms with van der Waals surface area (Å²) in [4.78, 5) is 0. The average Bonchev–Trinajstić information content (AvgIpc) is 2.66. The van der Waals surface area contributed by atoms with E-state index in [1.54, 1.807) is 13.2 Å². The van der Waals surface area contributed by atoms with Gasteiger partial charge in [-0.3, -0.25) is 0 Å². The SMILES string of the molecule is COc1cc(CNc2ccc(C)cc2)cc(I)c1OCc1cccc(F)c1. The number of aryl methyl sites for hydroxylation is 1. The van der Waals surface area contributed by atoms with Gasteiger partial charge < -0.3 is 14.8 Å². The Morgan fingerprint density at radius 2 is 1.78 bits per heavy atom. The molecule has 0 unspecified atom stereocenters. The molecule has 0 atom stereocenters. The number of methoxy groups -OCH3 is 1. The summed E-state index contributed by atoms with van der Waals surface area (Å²) in [6.07, 6.45) is 0. The van der Waals surface area contributed by atoms with Gasteiger partial charge in [-0.05, 0) is 77.0 Å². The van der Waals surface area contributed by atoms with Gasteiger partial charge in [0.25, 0.3) is 0 Å². The van der Waals surface area contributed by atoms with Crippen molar-refractivity contribution in [3.05, 3.63) is 86.7 Å². The first-order chi connectivity index (χ1) is 13.0. The number of anilines is 1. The van der Waals surface area contributed by atoms with E-state index in [1.807, 2.05) is 12.1 Å². The van der Waals surface area contributed by atoms with E-state index in [0.717, 1.165) is 20.4 Å². The Balaban J connectivity index is 1.71. The number of hydrogen-bond donors (Lipinski definition) is 1. The van der Waals surface area contributed by atoms with Crippen molar-refractivity contribution in [1.29, 1.82) is 0 Å². The number of hydrogen-bond acceptors (Lipinski definition) is 3. The van der Waals surface area contributed by atoms with E-state index >= 15 is 0 Å². The van der Waals surface area contributed by atoms with Crippen molar-refractivity contribution in [2.75, 3.05) is 12.4 Å². The molecule has 0 saturated heterocycles. The van der Waals surface area contributed by atoms with Crippen molar-refractivity contribution in [3.63, 3.8) is 0 Å². The highest BCUT2D eigenvalue weighted by Gasteiger charge is 2.12. The molecule has 1 N–H and O–H groups in total. The highest BCUT2D eigenvalue weighted by Crippen LogP contribution is 2.34. The number of nitrogens with one attached hydrogen (secondary N) is 1. The lowest BCUT2D eigenvalue weighted by atomic mass is 10.2. The molecule has 0 aliphatic rings. The first-order valence-electron chi connectivity index (χ1n) is 8.59. The summed E-state index contributed by atoms with van der Waals surface area (Å²) >= 11 is 2.24. The molecule has 3 nitrogen and oxygen atoms in total. The second-order valence-electron chi connectivity index (χ2n) is 6.25. The average molecular weight is 477 g/mol. The second kappa shape index (κ2) is 9.08. The molecule has 0 aliphatic carbocycles. The van der Waals surface area contributed by atoms with Gasteiger partial charge in [-0.2, -0.15) is 0 Å². The molecule has 0 heterocycles. The summed E-state index contributed by atoms with van der Waals surface area (Å²) in [5.74, 6) is 1.07. The minimum atomic E-state index is -0.268. The normalized spacial score (nSPS) is 10.5. The summed E-state index contributed by atoms with van der Waals surface area (Å²) in [5, 5.41) is 3.41. The molecule has 5 heteroatoms. The molecule has 3 aromatic rings. The Morgan fingerprint density at radius 3 is 2.48 bits per heavy atom. The van der Waals surface area contributed by atoms with Crippen molar-refractivity contribution in [3.8, 4) is 11.5 Å². The van der Waals surface area contributed by atoms with Gasteiger partial charge in [0.1, 0.15) is 12.4 Å². The molecular weight excluding hydrogens is 456 g/mol. The predicted molar refractivity (Wildman–Crippen MR) is 115 cm³/mol. The van der Waals surface area contributed by atoms with Crippen LogP contribution in [0.3, 0.4) is 0 Å². The van der Waals surface area contributed by atoms with Crippen LogP contribution in [0.5, 0.6) is 11.5 Å². The quantitative estimate of drug-likeness (QED) is 0.428. The van der Waals surface area contributed by atoms with Gasteiger partial charge in [0.2, 0.25) is 0 Å². The van der Waals surface area contributed by atoms with E-state index in [1.165, 1.54) is 17.7 Å². The fourth-order valence-corrected chi connectivity index (χ4v) is 3.49. The zero-order valence-corrected chi connectivity index (χ0v) is 17.4. The number of halogens is 2. The lowest BCUT2D eigenvalue weighted by Gasteiger charge is -2.15. The molecule has 27 heavy (non-hydrogen) atoms. The lowest BCUT2D eigenvalue weighted by molar-refractivity contribution is 0.281. The maximum Gasteiger partial charge on any atom is 0.174 e. The molecule has 0 radical (unpaired) electrons. The van der Waals surface area contributed by atoms with Gasteiger partial charge in [0.15, 0.2) is 11.5 Å². The summed E-state index contributed by atoms with van der Waals surface area (Å²) in [7, 11) is 1.62. The highest BCUT2D eigenvalue weighted by molar-refractivity contribution is 14.1. The monoisotopic (exact) mass is 477 g/mol. The second-order valence-corrected chi connectivity index (χ2v) is 7.41. The number of ether oxygens (including phenoxy) is 2. The Hall–Kier alpha value is -2.28. The zero-order valence-electron chi connectivity index (χ0n) is 15.3. The van der Waals surface area contributed by atoms with Crippen LogP contribution >= 0.6 is 22.6 Å². The van der Waals surface area contributed by atoms with Crippen LogP contribution in [-0.4, -0.2) is 7.11 Å². The summed E-state index contributed by atoms with van der Waals surface area (Å²) < 4.78 is 25.7. The van der Waals surface area contributed by atoms with Gasteiger partial charge in [-0.15, -0.1) is 0 Å². The molecule has 0 aromatic heterocycles. The Bertz CT molecular complexity index is 913. The standard InChI is InChI=1S/C22H21FINO2/c1-15-6-8-19(9-7-15)25-13-17-11-20(24)22(21(12-17)26-2)27-14-16-4-3-5-18(23)10-16/h3-12,25H,13-14H2,1-2H3. The van der Waals surface area contributed by atoms with Crippen LogP contribution in [0, 0.1) is 16.3 Å². The van der Waals surface area contributed by atoms with Crippen molar-refractivity contribution < 1.29 is 13.9 Å². The maximum absolute atomic E-state index is 13.3. The van der Waals surface area contributed by atoms with Gasteiger partial charge in [-0.25, -0.2) is 4.39 Å². The van der Waals surface area contributed by atoms with Crippen molar-refractivity contribution >= 4 is 28.3 Å². The minimum absolute atomic E-state index is 0.268. The van der Waals surface area contributed by atoms with Crippen molar-refractivity contribution in [2.24, 2.45) is 0 Å². The molecule has 0 saturated carbocycles. The van der Waals surface area contributed by atoms with Crippen molar-refractivity contribution in [1.82, 2.24) is 0 Å². The molecule has 3 rings (SSSR count). The van der Waals surface area contributed by atoms with Crippen LogP contribution in [-0.2, 0) is 13.2 Å². The highest BCUT2D eigenvalue weighted by atomic mass is 127. The van der Waals surface area contributed by atoms with E-state index in [2.05, 4.69) is 65.2 Å². The number of rotatable bonds is 7. The van der Waals surface area contributed by atoms with Gasteiger partial charge in [-0.1, -0.05) is 29.8 Å². The summed E-state index contributed by atoms with van der Waals surface area (Å²) in [6.45, 7) is 3.03. The van der Waals surface area contributed by atoms with Crippen LogP contribution < -0.4 is 14.8 Å². The first-order valence-corrected chi connectivity index (χ1v) is 9.67. The molecule has 0 fully saturated rings. The van der Waals surface area contributed by atoms with Crippen LogP contribution in [0.15, 0.2) is 60.7 Å². The lowest BCUT2D eigenvalue weighted by Crippen LogP contribution is -2.04. The summed E-state index contributed by atoms with van der Waals surface area (Å²) in [6, 6.07) is 18.7. The molecule has 140 valence electrons. The third-order valence-electron chi connectivity index (χ3n) is 4.11. The largest absolute Gasteiger partial charge is 0.493 e. The van der Waals surface area contributed by atoms with Crippen molar-refractivity contribution in [2.45, 2.75) is 20.1 Å². The molecule has 0 spiro atoms. The number of benzene rings is 3. The van der Waals surface area contributed by atoms with Crippen LogP contribution in [0.4, 0.5) is 10.1 Å². The van der Waals surface area contributed by atoms with Gasteiger partial charge in [0, 0.05) is 12.2 Å². The predicted octanol–water partition coefficient (Wildman–Crippen LogP) is 5.94. The smallest absolute Gasteiger partial charge is 0.174 e. The third kappa shape index (κ3) is 5.35. The topological polar surface area (TPSA) is 30.5 Å². The van der Waals surface area contributed by atoms with Gasteiger partial charge >= 0.3 is 0 Å².